The standard InChI is InChI=1S/C13H14BrN3/c1-9(2)10-3-5-11(6-4-10)17-13-12(14)7-15-8-16-13/h3-9H,1-2H3,(H,15,16,17). The molecule has 2 rings (SSSR count). The Labute approximate surface area is 109 Å². The number of aromatic nitrogens is 2. The van der Waals surface area contributed by atoms with Crippen LogP contribution in [0.25, 0.3) is 0 Å². The lowest BCUT2D eigenvalue weighted by Gasteiger charge is -2.09. The van der Waals surface area contributed by atoms with Crippen LogP contribution in [0.15, 0.2) is 41.3 Å². The van der Waals surface area contributed by atoms with Crippen LogP contribution in [-0.4, -0.2) is 9.97 Å². The summed E-state index contributed by atoms with van der Waals surface area (Å²) >= 11 is 3.40. The fourth-order valence-corrected chi connectivity index (χ4v) is 1.81. The summed E-state index contributed by atoms with van der Waals surface area (Å²) in [6.45, 7) is 4.37. The average Bonchev–Trinajstić information content (AvgIpc) is 2.33. The first-order chi connectivity index (χ1) is 8.16. The molecule has 1 aromatic heterocycles. The Balaban J connectivity index is 2.17. The van der Waals surface area contributed by atoms with Crippen LogP contribution in [0.2, 0.25) is 0 Å². The third-order valence-corrected chi connectivity index (χ3v) is 3.09. The first kappa shape index (κ1) is 12.0. The fourth-order valence-electron chi connectivity index (χ4n) is 1.49. The summed E-state index contributed by atoms with van der Waals surface area (Å²) in [6.07, 6.45) is 3.24. The van der Waals surface area contributed by atoms with Gasteiger partial charge in [0.1, 0.15) is 12.1 Å². The van der Waals surface area contributed by atoms with Gasteiger partial charge in [-0.1, -0.05) is 26.0 Å². The van der Waals surface area contributed by atoms with Crippen molar-refractivity contribution >= 4 is 27.4 Å². The van der Waals surface area contributed by atoms with Crippen LogP contribution in [0.4, 0.5) is 11.5 Å². The van der Waals surface area contributed by atoms with Crippen molar-refractivity contribution in [2.24, 2.45) is 0 Å². The predicted octanol–water partition coefficient (Wildman–Crippen LogP) is 4.11. The molecule has 0 aliphatic heterocycles. The third kappa shape index (κ3) is 3.03. The van der Waals surface area contributed by atoms with E-state index in [1.165, 1.54) is 11.9 Å². The van der Waals surface area contributed by atoms with Gasteiger partial charge in [0.05, 0.1) is 4.47 Å². The number of benzene rings is 1. The largest absolute Gasteiger partial charge is 0.339 e. The summed E-state index contributed by atoms with van der Waals surface area (Å²) in [5, 5.41) is 3.24. The molecule has 17 heavy (non-hydrogen) atoms. The van der Waals surface area contributed by atoms with Gasteiger partial charge in [-0.15, -0.1) is 0 Å². The van der Waals surface area contributed by atoms with Gasteiger partial charge in [-0.05, 0) is 39.5 Å². The maximum atomic E-state index is 4.16. The molecule has 0 unspecified atom stereocenters. The number of hydrogen-bond donors (Lipinski definition) is 1. The molecule has 0 spiro atoms. The molecule has 4 heteroatoms. The second kappa shape index (κ2) is 5.27. The molecule has 0 saturated carbocycles. The molecule has 0 bridgehead atoms. The summed E-state index contributed by atoms with van der Waals surface area (Å²) in [5.41, 5.74) is 2.35. The van der Waals surface area contributed by atoms with Crippen molar-refractivity contribution in [2.45, 2.75) is 19.8 Å². The van der Waals surface area contributed by atoms with Gasteiger partial charge in [0.25, 0.3) is 0 Å². The lowest BCUT2D eigenvalue weighted by molar-refractivity contribution is 0.867. The monoisotopic (exact) mass is 291 g/mol. The highest BCUT2D eigenvalue weighted by Gasteiger charge is 2.02. The predicted molar refractivity (Wildman–Crippen MR) is 73.5 cm³/mol. The van der Waals surface area contributed by atoms with Crippen LogP contribution < -0.4 is 5.32 Å². The van der Waals surface area contributed by atoms with E-state index in [1.54, 1.807) is 6.20 Å². The highest BCUT2D eigenvalue weighted by molar-refractivity contribution is 9.10. The maximum absolute atomic E-state index is 4.16. The number of rotatable bonds is 3. The van der Waals surface area contributed by atoms with Crippen molar-refractivity contribution in [1.29, 1.82) is 0 Å². The molecule has 1 N–H and O–H groups in total. The first-order valence-electron chi connectivity index (χ1n) is 5.49. The van der Waals surface area contributed by atoms with Crippen LogP contribution in [-0.2, 0) is 0 Å². The molecule has 3 nitrogen and oxygen atoms in total. The quantitative estimate of drug-likeness (QED) is 0.925. The fraction of sp³-hybridized carbons (Fsp3) is 0.231. The number of hydrogen-bond acceptors (Lipinski definition) is 3. The van der Waals surface area contributed by atoms with Crippen molar-refractivity contribution in [2.75, 3.05) is 5.32 Å². The Morgan fingerprint density at radius 3 is 2.47 bits per heavy atom. The zero-order valence-electron chi connectivity index (χ0n) is 9.81. The van der Waals surface area contributed by atoms with Crippen molar-refractivity contribution in [1.82, 2.24) is 9.97 Å². The molecule has 0 fully saturated rings. The van der Waals surface area contributed by atoms with E-state index in [0.29, 0.717) is 5.92 Å². The van der Waals surface area contributed by atoms with E-state index in [1.807, 2.05) is 0 Å². The molecule has 88 valence electrons. The van der Waals surface area contributed by atoms with E-state index in [-0.39, 0.29) is 0 Å². The van der Waals surface area contributed by atoms with Gasteiger partial charge < -0.3 is 5.32 Å². The van der Waals surface area contributed by atoms with Gasteiger partial charge in [0.15, 0.2) is 0 Å². The number of anilines is 2. The number of nitrogens with zero attached hydrogens (tertiary/aromatic N) is 2. The van der Waals surface area contributed by atoms with Crippen LogP contribution in [0, 0.1) is 0 Å². The van der Waals surface area contributed by atoms with E-state index >= 15 is 0 Å². The minimum atomic E-state index is 0.551. The molecule has 0 saturated heterocycles. The summed E-state index contributed by atoms with van der Waals surface area (Å²) in [4.78, 5) is 8.09. The van der Waals surface area contributed by atoms with E-state index in [0.717, 1.165) is 16.0 Å². The molecule has 0 atom stereocenters. The van der Waals surface area contributed by atoms with Crippen LogP contribution in [0.3, 0.4) is 0 Å². The second-order valence-corrected chi connectivity index (χ2v) is 4.98. The molecule has 0 radical (unpaired) electrons. The molecule has 0 aliphatic carbocycles. The molecule has 2 aromatic rings. The van der Waals surface area contributed by atoms with Gasteiger partial charge in [-0.2, -0.15) is 0 Å². The second-order valence-electron chi connectivity index (χ2n) is 4.12. The highest BCUT2D eigenvalue weighted by atomic mass is 79.9. The summed E-state index contributed by atoms with van der Waals surface area (Å²) in [5.74, 6) is 1.33. The van der Waals surface area contributed by atoms with Crippen molar-refractivity contribution in [3.05, 3.63) is 46.8 Å². The van der Waals surface area contributed by atoms with Crippen molar-refractivity contribution in [3.8, 4) is 0 Å². The van der Waals surface area contributed by atoms with Gasteiger partial charge >= 0.3 is 0 Å². The zero-order chi connectivity index (χ0) is 12.3. The normalized spacial score (nSPS) is 10.6. The van der Waals surface area contributed by atoms with Crippen LogP contribution >= 0.6 is 15.9 Å². The molecular formula is C13H14BrN3. The molecular weight excluding hydrogens is 278 g/mol. The first-order valence-corrected chi connectivity index (χ1v) is 6.28. The van der Waals surface area contributed by atoms with Gasteiger partial charge in [0.2, 0.25) is 0 Å². The average molecular weight is 292 g/mol. The van der Waals surface area contributed by atoms with E-state index in [2.05, 4.69) is 69.3 Å². The highest BCUT2D eigenvalue weighted by Crippen LogP contribution is 2.23. The lowest BCUT2D eigenvalue weighted by Crippen LogP contribution is -1.95. The number of halogens is 1. The maximum Gasteiger partial charge on any atom is 0.148 e. The minimum absolute atomic E-state index is 0.551. The van der Waals surface area contributed by atoms with E-state index in [4.69, 9.17) is 0 Å². The Hall–Kier alpha value is -1.42. The summed E-state index contributed by atoms with van der Waals surface area (Å²) in [6, 6.07) is 8.37. The van der Waals surface area contributed by atoms with Crippen molar-refractivity contribution in [3.63, 3.8) is 0 Å². The topological polar surface area (TPSA) is 37.8 Å². The van der Waals surface area contributed by atoms with Crippen LogP contribution in [0.5, 0.6) is 0 Å². The van der Waals surface area contributed by atoms with E-state index in [9.17, 15) is 0 Å². The lowest BCUT2D eigenvalue weighted by atomic mass is 10.0. The van der Waals surface area contributed by atoms with E-state index < -0.39 is 0 Å². The summed E-state index contributed by atoms with van der Waals surface area (Å²) < 4.78 is 0.855. The smallest absolute Gasteiger partial charge is 0.148 e. The third-order valence-electron chi connectivity index (χ3n) is 2.51. The zero-order valence-corrected chi connectivity index (χ0v) is 11.4. The van der Waals surface area contributed by atoms with Crippen LogP contribution in [0.1, 0.15) is 25.3 Å². The molecule has 1 aromatic carbocycles. The Bertz CT molecular complexity index is 494. The van der Waals surface area contributed by atoms with Gasteiger partial charge in [-0.3, -0.25) is 0 Å². The van der Waals surface area contributed by atoms with Gasteiger partial charge in [-0.25, -0.2) is 9.97 Å². The molecule has 0 aliphatic rings. The number of nitrogens with one attached hydrogen (secondary N) is 1. The SMILES string of the molecule is CC(C)c1ccc(Nc2ncncc2Br)cc1. The van der Waals surface area contributed by atoms with Gasteiger partial charge in [0, 0.05) is 11.9 Å². The van der Waals surface area contributed by atoms with Crippen molar-refractivity contribution < 1.29 is 0 Å². The summed E-state index contributed by atoms with van der Waals surface area (Å²) in [7, 11) is 0. The molecule has 1 heterocycles. The Morgan fingerprint density at radius 1 is 1.18 bits per heavy atom. The minimum Gasteiger partial charge on any atom is -0.339 e. The Morgan fingerprint density at radius 2 is 1.88 bits per heavy atom. The Kier molecular flexibility index (Phi) is 3.74. The molecule has 0 amide bonds.